The Kier molecular flexibility index (Phi) is 3.98. The molecular weight excluding hydrogens is 298 g/mol. The minimum absolute atomic E-state index is 0.275. The summed E-state index contributed by atoms with van der Waals surface area (Å²) in [5.41, 5.74) is 1.94. The summed E-state index contributed by atoms with van der Waals surface area (Å²) in [4.78, 5) is 17.7. The van der Waals surface area contributed by atoms with Gasteiger partial charge in [-0.25, -0.2) is 0 Å². The summed E-state index contributed by atoms with van der Waals surface area (Å²) in [6.07, 6.45) is 1.73. The van der Waals surface area contributed by atoms with E-state index in [2.05, 4.69) is 46.6 Å². The van der Waals surface area contributed by atoms with Gasteiger partial charge in [0.25, 0.3) is 0 Å². The monoisotopic (exact) mass is 321 g/mol. The van der Waals surface area contributed by atoms with E-state index >= 15 is 0 Å². The van der Waals surface area contributed by atoms with E-state index in [0.29, 0.717) is 13.2 Å². The average Bonchev–Trinajstić information content (AvgIpc) is 2.90. The third-order valence-corrected chi connectivity index (χ3v) is 5.23. The molecule has 0 aromatic heterocycles. The van der Waals surface area contributed by atoms with Crippen molar-refractivity contribution in [3.05, 3.63) is 66.2 Å². The molecule has 0 saturated carbocycles. The lowest BCUT2D eigenvalue weighted by Gasteiger charge is -2.40. The predicted molar refractivity (Wildman–Crippen MR) is 95.6 cm³/mol. The number of amides is 1. The fourth-order valence-corrected chi connectivity index (χ4v) is 3.97. The zero-order chi connectivity index (χ0) is 16.4. The van der Waals surface area contributed by atoms with E-state index in [0.717, 1.165) is 31.6 Å². The van der Waals surface area contributed by atoms with E-state index in [1.165, 1.54) is 5.56 Å². The molecule has 1 N–H and O–H groups in total. The third-order valence-electron chi connectivity index (χ3n) is 5.23. The van der Waals surface area contributed by atoms with Crippen LogP contribution in [0, 0.1) is 0 Å². The number of nitrogens with zero attached hydrogens (tertiary/aromatic N) is 2. The maximum atomic E-state index is 13.3. The Balaban J connectivity index is 1.66. The number of hydrogen-bond acceptors (Lipinski definition) is 3. The first-order chi connectivity index (χ1) is 11.8. The molecule has 124 valence electrons. The summed E-state index contributed by atoms with van der Waals surface area (Å²) < 4.78 is 0. The minimum Gasteiger partial charge on any atom is -0.339 e. The second-order valence-corrected chi connectivity index (χ2v) is 6.68. The second-order valence-electron chi connectivity index (χ2n) is 6.68. The largest absolute Gasteiger partial charge is 0.339 e. The van der Waals surface area contributed by atoms with Crippen LogP contribution in [-0.4, -0.2) is 36.1 Å². The van der Waals surface area contributed by atoms with Crippen molar-refractivity contribution in [1.29, 1.82) is 0 Å². The number of nitrogens with one attached hydrogen (secondary N) is 1. The quantitative estimate of drug-likeness (QED) is 0.944. The molecule has 0 aliphatic carbocycles. The van der Waals surface area contributed by atoms with Crippen LogP contribution in [0.25, 0.3) is 0 Å². The minimum atomic E-state index is -0.388. The summed E-state index contributed by atoms with van der Waals surface area (Å²) in [6.45, 7) is 3.14. The lowest BCUT2D eigenvalue weighted by molar-refractivity contribution is -0.133. The molecule has 0 bridgehead atoms. The van der Waals surface area contributed by atoms with Gasteiger partial charge in [-0.2, -0.15) is 0 Å². The average molecular weight is 321 g/mol. The number of benzene rings is 2. The fourth-order valence-electron chi connectivity index (χ4n) is 3.97. The van der Waals surface area contributed by atoms with Gasteiger partial charge in [0.2, 0.25) is 5.91 Å². The van der Waals surface area contributed by atoms with E-state index in [1.54, 1.807) is 0 Å². The van der Waals surface area contributed by atoms with Crippen LogP contribution < -0.4 is 10.2 Å². The number of hydrogen-bond donors (Lipinski definition) is 1. The Hall–Kier alpha value is -2.33. The van der Waals surface area contributed by atoms with Crippen molar-refractivity contribution in [1.82, 2.24) is 10.2 Å². The summed E-state index contributed by atoms with van der Waals surface area (Å²) in [6, 6.07) is 20.6. The van der Waals surface area contributed by atoms with Gasteiger partial charge in [-0.1, -0.05) is 48.5 Å². The smallest absolute Gasteiger partial charge is 0.250 e. The van der Waals surface area contributed by atoms with Crippen LogP contribution in [0.2, 0.25) is 0 Å². The van der Waals surface area contributed by atoms with Gasteiger partial charge >= 0.3 is 0 Å². The molecule has 0 radical (unpaired) electrons. The highest BCUT2D eigenvalue weighted by Crippen LogP contribution is 2.38. The molecule has 1 amide bonds. The molecule has 24 heavy (non-hydrogen) atoms. The zero-order valence-electron chi connectivity index (χ0n) is 13.8. The molecule has 2 aliphatic heterocycles. The summed E-state index contributed by atoms with van der Waals surface area (Å²) in [7, 11) is 0. The second kappa shape index (κ2) is 6.29. The normalized spacial score (nSPS) is 19.9. The zero-order valence-corrected chi connectivity index (χ0v) is 13.8. The van der Waals surface area contributed by atoms with Gasteiger partial charge in [-0.15, -0.1) is 0 Å². The van der Waals surface area contributed by atoms with Crippen molar-refractivity contribution < 1.29 is 4.79 Å². The standard InChI is InChI=1S/C20H23N3O/c24-19-20(11-13-21-14-12-20)23(18-9-5-2-6-10-18)16-22(19)15-17-7-3-1-4-8-17/h1-10,21H,11-16H2. The molecule has 1 spiro atoms. The van der Waals surface area contributed by atoms with Gasteiger partial charge in [0.15, 0.2) is 0 Å². The number of para-hydroxylation sites is 1. The molecule has 0 unspecified atom stereocenters. The van der Waals surface area contributed by atoms with Gasteiger partial charge in [0.1, 0.15) is 5.54 Å². The van der Waals surface area contributed by atoms with Crippen molar-refractivity contribution >= 4 is 11.6 Å². The van der Waals surface area contributed by atoms with Crippen LogP contribution >= 0.6 is 0 Å². The van der Waals surface area contributed by atoms with Crippen LogP contribution in [0.4, 0.5) is 5.69 Å². The molecular formula is C20H23N3O. The summed E-state index contributed by atoms with van der Waals surface area (Å²) >= 11 is 0. The van der Waals surface area contributed by atoms with Gasteiger partial charge in [0, 0.05) is 12.2 Å². The van der Waals surface area contributed by atoms with Crippen molar-refractivity contribution in [2.45, 2.75) is 24.9 Å². The Bertz CT molecular complexity index is 695. The Morgan fingerprint density at radius 2 is 1.54 bits per heavy atom. The number of rotatable bonds is 3. The highest BCUT2D eigenvalue weighted by molar-refractivity contribution is 5.93. The van der Waals surface area contributed by atoms with Gasteiger partial charge in [-0.05, 0) is 43.6 Å². The van der Waals surface area contributed by atoms with Gasteiger partial charge in [-0.3, -0.25) is 4.79 Å². The number of anilines is 1. The molecule has 2 fully saturated rings. The van der Waals surface area contributed by atoms with E-state index in [-0.39, 0.29) is 11.4 Å². The number of carbonyl (C=O) groups excluding carboxylic acids is 1. The molecule has 2 aliphatic rings. The van der Waals surface area contributed by atoms with Crippen molar-refractivity contribution in [2.24, 2.45) is 0 Å². The molecule has 2 aromatic carbocycles. The fraction of sp³-hybridized carbons (Fsp3) is 0.350. The van der Waals surface area contributed by atoms with Crippen molar-refractivity contribution in [3.63, 3.8) is 0 Å². The molecule has 0 atom stereocenters. The summed E-state index contributed by atoms with van der Waals surface area (Å²) in [5, 5.41) is 3.40. The molecule has 2 saturated heterocycles. The molecule has 4 heteroatoms. The number of piperidine rings is 1. The van der Waals surface area contributed by atoms with Crippen molar-refractivity contribution in [2.75, 3.05) is 24.7 Å². The van der Waals surface area contributed by atoms with Crippen LogP contribution in [0.3, 0.4) is 0 Å². The van der Waals surface area contributed by atoms with E-state index in [9.17, 15) is 4.79 Å². The van der Waals surface area contributed by atoms with Crippen LogP contribution in [0.5, 0.6) is 0 Å². The first kappa shape index (κ1) is 15.2. The molecule has 2 heterocycles. The first-order valence-corrected chi connectivity index (χ1v) is 8.66. The van der Waals surface area contributed by atoms with Crippen LogP contribution in [0.15, 0.2) is 60.7 Å². The van der Waals surface area contributed by atoms with E-state index in [4.69, 9.17) is 0 Å². The number of carbonyl (C=O) groups is 1. The molecule has 4 rings (SSSR count). The maximum absolute atomic E-state index is 13.3. The Labute approximate surface area is 143 Å². The lowest BCUT2D eigenvalue weighted by Crippen LogP contribution is -2.55. The SMILES string of the molecule is O=C1N(Cc2ccccc2)CN(c2ccccc2)C12CCNCC2. The Morgan fingerprint density at radius 1 is 0.917 bits per heavy atom. The van der Waals surface area contributed by atoms with Gasteiger partial charge < -0.3 is 15.1 Å². The summed E-state index contributed by atoms with van der Waals surface area (Å²) in [5.74, 6) is 0.275. The van der Waals surface area contributed by atoms with E-state index in [1.807, 2.05) is 29.2 Å². The molecule has 2 aromatic rings. The maximum Gasteiger partial charge on any atom is 0.250 e. The first-order valence-electron chi connectivity index (χ1n) is 8.66. The van der Waals surface area contributed by atoms with E-state index < -0.39 is 0 Å². The third kappa shape index (κ3) is 2.57. The molecule has 4 nitrogen and oxygen atoms in total. The highest BCUT2D eigenvalue weighted by Gasteiger charge is 2.52. The highest BCUT2D eigenvalue weighted by atomic mass is 16.2. The van der Waals surface area contributed by atoms with Crippen molar-refractivity contribution in [3.8, 4) is 0 Å². The predicted octanol–water partition coefficient (Wildman–Crippen LogP) is 2.62. The van der Waals surface area contributed by atoms with Crippen LogP contribution in [-0.2, 0) is 11.3 Å². The topological polar surface area (TPSA) is 35.6 Å². The Morgan fingerprint density at radius 3 is 2.21 bits per heavy atom. The lowest BCUT2D eigenvalue weighted by atomic mass is 9.86. The van der Waals surface area contributed by atoms with Crippen LogP contribution in [0.1, 0.15) is 18.4 Å². The van der Waals surface area contributed by atoms with Gasteiger partial charge in [0.05, 0.1) is 6.67 Å².